The van der Waals surface area contributed by atoms with Crippen LogP contribution in [0.3, 0.4) is 0 Å². The highest BCUT2D eigenvalue weighted by Gasteiger charge is 2.19. The summed E-state index contributed by atoms with van der Waals surface area (Å²) in [7, 11) is 0. The number of carbonyl (C=O) groups is 1. The Morgan fingerprint density at radius 2 is 2.18 bits per heavy atom. The molecule has 0 spiro atoms. The van der Waals surface area contributed by atoms with Gasteiger partial charge in [0, 0.05) is 19.6 Å². The van der Waals surface area contributed by atoms with E-state index in [9.17, 15) is 4.79 Å². The molecule has 100 valence electrons. The summed E-state index contributed by atoms with van der Waals surface area (Å²) in [6.45, 7) is 8.02. The molecule has 0 aromatic heterocycles. The van der Waals surface area contributed by atoms with Gasteiger partial charge in [0.25, 0.3) is 0 Å². The van der Waals surface area contributed by atoms with Crippen molar-refractivity contribution in [2.24, 2.45) is 5.92 Å². The Bertz CT molecular complexity index is 227. The lowest BCUT2D eigenvalue weighted by Crippen LogP contribution is -2.27. The fourth-order valence-electron chi connectivity index (χ4n) is 1.77. The number of cyclic esters (lactones) is 1. The number of rotatable bonds is 3. The van der Waals surface area contributed by atoms with Gasteiger partial charge in [-0.15, -0.1) is 0 Å². The summed E-state index contributed by atoms with van der Waals surface area (Å²) >= 11 is 0. The quantitative estimate of drug-likeness (QED) is 0.714. The van der Waals surface area contributed by atoms with Crippen LogP contribution in [-0.2, 0) is 19.0 Å². The van der Waals surface area contributed by atoms with E-state index >= 15 is 0 Å². The molecule has 0 aliphatic carbocycles. The van der Waals surface area contributed by atoms with Gasteiger partial charge in [-0.05, 0) is 19.3 Å². The van der Waals surface area contributed by atoms with Crippen LogP contribution in [0.4, 0.5) is 0 Å². The average molecular weight is 244 g/mol. The Morgan fingerprint density at radius 3 is 2.88 bits per heavy atom. The van der Waals surface area contributed by atoms with Gasteiger partial charge in [0.05, 0.1) is 19.1 Å². The van der Waals surface area contributed by atoms with Crippen LogP contribution in [-0.4, -0.2) is 38.0 Å². The van der Waals surface area contributed by atoms with E-state index in [1.165, 1.54) is 0 Å². The Labute approximate surface area is 104 Å². The lowest BCUT2D eigenvalue weighted by atomic mass is 10.1. The molecule has 1 aliphatic rings. The molecule has 1 fully saturated rings. The van der Waals surface area contributed by atoms with E-state index in [-0.39, 0.29) is 18.2 Å². The number of esters is 1. The molecule has 4 heteroatoms. The summed E-state index contributed by atoms with van der Waals surface area (Å²) < 4.78 is 16.4. The molecule has 1 aliphatic heterocycles. The van der Waals surface area contributed by atoms with Crippen molar-refractivity contribution in [3.05, 3.63) is 0 Å². The third kappa shape index (κ3) is 6.64. The SMILES string of the molecule is CC(C)COC1CCOCCC(=O)OC(C)C1. The van der Waals surface area contributed by atoms with Crippen LogP contribution in [0.5, 0.6) is 0 Å². The topological polar surface area (TPSA) is 44.8 Å². The highest BCUT2D eigenvalue weighted by Crippen LogP contribution is 2.14. The van der Waals surface area contributed by atoms with Crippen LogP contribution >= 0.6 is 0 Å². The summed E-state index contributed by atoms with van der Waals surface area (Å²) in [5, 5.41) is 0. The molecule has 2 atom stereocenters. The summed E-state index contributed by atoms with van der Waals surface area (Å²) in [5.41, 5.74) is 0. The van der Waals surface area contributed by atoms with Gasteiger partial charge in [-0.1, -0.05) is 13.8 Å². The molecule has 4 nitrogen and oxygen atoms in total. The Morgan fingerprint density at radius 1 is 1.41 bits per heavy atom. The van der Waals surface area contributed by atoms with Gasteiger partial charge < -0.3 is 14.2 Å². The molecule has 1 rings (SSSR count). The standard InChI is InChI=1S/C13H24O4/c1-10(2)9-16-12-4-6-15-7-5-13(14)17-11(3)8-12/h10-12H,4-9H2,1-3H3. The van der Waals surface area contributed by atoms with Gasteiger partial charge in [0.15, 0.2) is 0 Å². The lowest BCUT2D eigenvalue weighted by Gasteiger charge is -2.24. The maximum Gasteiger partial charge on any atom is 0.308 e. The van der Waals surface area contributed by atoms with Crippen molar-refractivity contribution in [2.45, 2.75) is 52.2 Å². The molecule has 1 heterocycles. The number of hydrogen-bond donors (Lipinski definition) is 0. The minimum Gasteiger partial charge on any atom is -0.462 e. The maximum atomic E-state index is 11.3. The molecule has 2 unspecified atom stereocenters. The predicted molar refractivity (Wildman–Crippen MR) is 64.8 cm³/mol. The number of ether oxygens (including phenoxy) is 3. The molecule has 0 saturated carbocycles. The van der Waals surface area contributed by atoms with Crippen LogP contribution in [0, 0.1) is 5.92 Å². The molecule has 0 radical (unpaired) electrons. The van der Waals surface area contributed by atoms with Crippen molar-refractivity contribution in [2.75, 3.05) is 19.8 Å². The fraction of sp³-hybridized carbons (Fsp3) is 0.923. The molecule has 0 bridgehead atoms. The Balaban J connectivity index is 2.41. The molecule has 0 aromatic carbocycles. The first-order chi connectivity index (χ1) is 8.08. The summed E-state index contributed by atoms with van der Waals surface area (Å²) in [5.74, 6) is 0.339. The summed E-state index contributed by atoms with van der Waals surface area (Å²) in [6, 6.07) is 0. The van der Waals surface area contributed by atoms with Gasteiger partial charge >= 0.3 is 5.97 Å². The second-order valence-electron chi connectivity index (χ2n) is 5.04. The molecule has 0 amide bonds. The first-order valence-corrected chi connectivity index (χ1v) is 6.46. The monoisotopic (exact) mass is 244 g/mol. The van der Waals surface area contributed by atoms with Gasteiger partial charge in [-0.25, -0.2) is 0 Å². The summed E-state index contributed by atoms with van der Waals surface area (Å²) in [4.78, 5) is 11.3. The molecule has 17 heavy (non-hydrogen) atoms. The molecule has 0 N–H and O–H groups in total. The van der Waals surface area contributed by atoms with Crippen molar-refractivity contribution in [1.29, 1.82) is 0 Å². The third-order valence-electron chi connectivity index (χ3n) is 2.63. The Hall–Kier alpha value is -0.610. The Kier molecular flexibility index (Phi) is 6.52. The predicted octanol–water partition coefficient (Wildman–Crippen LogP) is 2.16. The zero-order valence-corrected chi connectivity index (χ0v) is 11.1. The first kappa shape index (κ1) is 14.5. The smallest absolute Gasteiger partial charge is 0.308 e. The lowest BCUT2D eigenvalue weighted by molar-refractivity contribution is -0.152. The minimum atomic E-state index is -0.179. The molecule has 1 saturated heterocycles. The zero-order chi connectivity index (χ0) is 12.7. The normalized spacial score (nSPS) is 27.9. The van der Waals surface area contributed by atoms with E-state index < -0.39 is 0 Å². The van der Waals surface area contributed by atoms with E-state index in [1.54, 1.807) is 0 Å². The van der Waals surface area contributed by atoms with Crippen molar-refractivity contribution in [3.63, 3.8) is 0 Å². The van der Waals surface area contributed by atoms with E-state index in [0.29, 0.717) is 25.6 Å². The van der Waals surface area contributed by atoms with E-state index in [0.717, 1.165) is 19.4 Å². The number of carbonyl (C=O) groups excluding carboxylic acids is 1. The van der Waals surface area contributed by atoms with Crippen molar-refractivity contribution in [1.82, 2.24) is 0 Å². The zero-order valence-electron chi connectivity index (χ0n) is 11.1. The fourth-order valence-corrected chi connectivity index (χ4v) is 1.77. The highest BCUT2D eigenvalue weighted by molar-refractivity contribution is 5.69. The van der Waals surface area contributed by atoms with Crippen LogP contribution in [0.1, 0.15) is 40.0 Å². The largest absolute Gasteiger partial charge is 0.462 e. The average Bonchev–Trinajstić information content (AvgIpc) is 2.24. The first-order valence-electron chi connectivity index (χ1n) is 6.46. The van der Waals surface area contributed by atoms with Crippen LogP contribution in [0.15, 0.2) is 0 Å². The van der Waals surface area contributed by atoms with Gasteiger partial charge in [0.1, 0.15) is 6.10 Å². The van der Waals surface area contributed by atoms with Gasteiger partial charge in [-0.2, -0.15) is 0 Å². The highest BCUT2D eigenvalue weighted by atomic mass is 16.5. The van der Waals surface area contributed by atoms with E-state index in [1.807, 2.05) is 6.92 Å². The second-order valence-corrected chi connectivity index (χ2v) is 5.04. The van der Waals surface area contributed by atoms with E-state index in [2.05, 4.69) is 13.8 Å². The molecule has 0 aromatic rings. The minimum absolute atomic E-state index is 0.0715. The molecular weight excluding hydrogens is 220 g/mol. The maximum absolute atomic E-state index is 11.3. The van der Waals surface area contributed by atoms with Gasteiger partial charge in [-0.3, -0.25) is 4.79 Å². The van der Waals surface area contributed by atoms with Crippen LogP contribution in [0.25, 0.3) is 0 Å². The van der Waals surface area contributed by atoms with Crippen LogP contribution in [0.2, 0.25) is 0 Å². The van der Waals surface area contributed by atoms with E-state index in [4.69, 9.17) is 14.2 Å². The molecular formula is C13H24O4. The van der Waals surface area contributed by atoms with Crippen molar-refractivity contribution >= 4 is 5.97 Å². The number of hydrogen-bond acceptors (Lipinski definition) is 4. The van der Waals surface area contributed by atoms with Crippen molar-refractivity contribution < 1.29 is 19.0 Å². The second kappa shape index (κ2) is 7.67. The summed E-state index contributed by atoms with van der Waals surface area (Å²) in [6.07, 6.45) is 2.02. The van der Waals surface area contributed by atoms with Crippen molar-refractivity contribution in [3.8, 4) is 0 Å². The van der Waals surface area contributed by atoms with Gasteiger partial charge in [0.2, 0.25) is 0 Å². The van der Waals surface area contributed by atoms with Crippen LogP contribution < -0.4 is 0 Å². The third-order valence-corrected chi connectivity index (χ3v) is 2.63.